The number of halogens is 1. The Kier molecular flexibility index (Phi) is 5.41. The van der Waals surface area contributed by atoms with E-state index in [0.29, 0.717) is 24.8 Å². The summed E-state index contributed by atoms with van der Waals surface area (Å²) in [6.07, 6.45) is 2.31. The molecule has 0 aliphatic rings. The molecule has 1 heterocycles. The predicted molar refractivity (Wildman–Crippen MR) is 76.9 cm³/mol. The molecule has 0 bridgehead atoms. The molecule has 0 atom stereocenters. The summed E-state index contributed by atoms with van der Waals surface area (Å²) < 4.78 is 28.7. The highest BCUT2D eigenvalue weighted by Crippen LogP contribution is 2.20. The Morgan fingerprint density at radius 3 is 2.58 bits per heavy atom. The van der Waals surface area contributed by atoms with Crippen LogP contribution in [0.4, 0.5) is 0 Å². The SMILES string of the molecule is CCn1cc(S(=O)(=O)NCC(C)(C)CCCl)nc1C. The molecule has 5 nitrogen and oxygen atoms in total. The molecule has 7 heteroatoms. The van der Waals surface area contributed by atoms with Crippen molar-refractivity contribution in [3.63, 3.8) is 0 Å². The number of hydrogen-bond donors (Lipinski definition) is 1. The van der Waals surface area contributed by atoms with Gasteiger partial charge < -0.3 is 4.57 Å². The first kappa shape index (κ1) is 16.5. The molecule has 19 heavy (non-hydrogen) atoms. The molecule has 1 rings (SSSR count). The van der Waals surface area contributed by atoms with E-state index < -0.39 is 10.0 Å². The number of sulfonamides is 1. The lowest BCUT2D eigenvalue weighted by atomic mass is 9.91. The van der Waals surface area contributed by atoms with Crippen LogP contribution < -0.4 is 4.72 Å². The average Bonchev–Trinajstić information content (AvgIpc) is 2.69. The van der Waals surface area contributed by atoms with Crippen molar-refractivity contribution >= 4 is 21.6 Å². The third-order valence-corrected chi connectivity index (χ3v) is 4.54. The summed E-state index contributed by atoms with van der Waals surface area (Å²) in [5.74, 6) is 1.21. The van der Waals surface area contributed by atoms with Gasteiger partial charge in [0.1, 0.15) is 5.82 Å². The number of nitrogens with one attached hydrogen (secondary N) is 1. The van der Waals surface area contributed by atoms with E-state index in [2.05, 4.69) is 9.71 Å². The molecule has 0 fully saturated rings. The molecular weight excluding hydrogens is 286 g/mol. The number of rotatable bonds is 7. The molecule has 0 saturated carbocycles. The Labute approximate surface area is 120 Å². The van der Waals surface area contributed by atoms with E-state index in [1.807, 2.05) is 20.8 Å². The molecule has 0 radical (unpaired) electrons. The zero-order chi connectivity index (χ0) is 14.7. The molecule has 1 aromatic heterocycles. The minimum Gasteiger partial charge on any atom is -0.334 e. The van der Waals surface area contributed by atoms with Gasteiger partial charge in [-0.3, -0.25) is 0 Å². The monoisotopic (exact) mass is 307 g/mol. The Morgan fingerprint density at radius 2 is 2.11 bits per heavy atom. The molecule has 0 aromatic carbocycles. The lowest BCUT2D eigenvalue weighted by Gasteiger charge is -2.23. The van der Waals surface area contributed by atoms with E-state index in [4.69, 9.17) is 11.6 Å². The van der Waals surface area contributed by atoms with Crippen molar-refractivity contribution in [1.29, 1.82) is 0 Å². The summed E-state index contributed by atoms with van der Waals surface area (Å²) in [7, 11) is -3.55. The van der Waals surface area contributed by atoms with E-state index >= 15 is 0 Å². The Hall–Kier alpha value is -0.590. The van der Waals surface area contributed by atoms with Crippen LogP contribution in [-0.4, -0.2) is 30.4 Å². The number of nitrogens with zero attached hydrogens (tertiary/aromatic N) is 2. The quantitative estimate of drug-likeness (QED) is 0.785. The second kappa shape index (κ2) is 6.24. The van der Waals surface area contributed by atoms with Crippen molar-refractivity contribution in [2.45, 2.75) is 45.7 Å². The normalized spacial score (nSPS) is 12.9. The molecule has 0 aliphatic heterocycles. The van der Waals surface area contributed by atoms with Gasteiger partial charge in [0.05, 0.1) is 0 Å². The highest BCUT2D eigenvalue weighted by molar-refractivity contribution is 7.89. The van der Waals surface area contributed by atoms with E-state index in [-0.39, 0.29) is 10.4 Å². The smallest absolute Gasteiger partial charge is 0.259 e. The van der Waals surface area contributed by atoms with Crippen LogP contribution in [0.3, 0.4) is 0 Å². The maximum Gasteiger partial charge on any atom is 0.259 e. The number of hydrogen-bond acceptors (Lipinski definition) is 3. The first-order chi connectivity index (χ1) is 8.72. The molecule has 1 N–H and O–H groups in total. The van der Waals surface area contributed by atoms with E-state index in [9.17, 15) is 8.42 Å². The first-order valence-electron chi connectivity index (χ1n) is 6.31. The molecule has 0 spiro atoms. The Balaban J connectivity index is 2.81. The minimum absolute atomic E-state index is 0.0773. The van der Waals surface area contributed by atoms with Gasteiger partial charge in [0.2, 0.25) is 0 Å². The zero-order valence-electron chi connectivity index (χ0n) is 11.9. The predicted octanol–water partition coefficient (Wildman–Crippen LogP) is 2.14. The highest BCUT2D eigenvalue weighted by atomic mass is 35.5. The topological polar surface area (TPSA) is 64.0 Å². The van der Waals surface area contributed by atoms with Crippen molar-refractivity contribution in [3.05, 3.63) is 12.0 Å². The average molecular weight is 308 g/mol. The Morgan fingerprint density at radius 1 is 1.47 bits per heavy atom. The number of imidazole rings is 1. The van der Waals surface area contributed by atoms with Crippen LogP contribution in [0.25, 0.3) is 0 Å². The van der Waals surface area contributed by atoms with Crippen LogP contribution in [0.2, 0.25) is 0 Å². The summed E-state index contributed by atoms with van der Waals surface area (Å²) in [6.45, 7) is 8.75. The maximum atomic E-state index is 12.1. The maximum absolute atomic E-state index is 12.1. The van der Waals surface area contributed by atoms with Gasteiger partial charge in [-0.1, -0.05) is 13.8 Å². The lowest BCUT2D eigenvalue weighted by Crippen LogP contribution is -2.34. The van der Waals surface area contributed by atoms with Gasteiger partial charge in [0.15, 0.2) is 5.03 Å². The van der Waals surface area contributed by atoms with Crippen LogP contribution in [0, 0.1) is 12.3 Å². The lowest BCUT2D eigenvalue weighted by molar-refractivity contribution is 0.352. The van der Waals surface area contributed by atoms with Gasteiger partial charge in [-0.25, -0.2) is 18.1 Å². The van der Waals surface area contributed by atoms with Gasteiger partial charge in [-0.15, -0.1) is 11.6 Å². The summed E-state index contributed by atoms with van der Waals surface area (Å²) in [6, 6.07) is 0. The summed E-state index contributed by atoms with van der Waals surface area (Å²) in [5.41, 5.74) is -0.169. The third kappa shape index (κ3) is 4.47. The molecule has 0 saturated heterocycles. The molecule has 110 valence electrons. The van der Waals surface area contributed by atoms with Crippen LogP contribution in [0.5, 0.6) is 0 Å². The summed E-state index contributed by atoms with van der Waals surface area (Å²) in [5, 5.41) is 0.0773. The van der Waals surface area contributed by atoms with Gasteiger partial charge >= 0.3 is 0 Å². The van der Waals surface area contributed by atoms with Crippen molar-refractivity contribution in [2.24, 2.45) is 5.41 Å². The second-order valence-corrected chi connectivity index (χ2v) is 7.43. The number of aryl methyl sites for hydroxylation is 2. The molecule has 0 unspecified atom stereocenters. The highest BCUT2D eigenvalue weighted by Gasteiger charge is 2.24. The zero-order valence-corrected chi connectivity index (χ0v) is 13.5. The van der Waals surface area contributed by atoms with Crippen LogP contribution in [-0.2, 0) is 16.6 Å². The van der Waals surface area contributed by atoms with Crippen LogP contribution in [0.15, 0.2) is 11.2 Å². The van der Waals surface area contributed by atoms with E-state index in [0.717, 1.165) is 6.42 Å². The van der Waals surface area contributed by atoms with Crippen molar-refractivity contribution < 1.29 is 8.42 Å². The summed E-state index contributed by atoms with van der Waals surface area (Å²) in [4.78, 5) is 4.09. The van der Waals surface area contributed by atoms with Gasteiger partial charge in [0.25, 0.3) is 10.0 Å². The van der Waals surface area contributed by atoms with Gasteiger partial charge in [-0.2, -0.15) is 0 Å². The fourth-order valence-corrected chi connectivity index (χ4v) is 3.40. The van der Waals surface area contributed by atoms with Crippen molar-refractivity contribution in [1.82, 2.24) is 14.3 Å². The van der Waals surface area contributed by atoms with Gasteiger partial charge in [-0.05, 0) is 25.7 Å². The largest absolute Gasteiger partial charge is 0.334 e. The molecule has 1 aromatic rings. The minimum atomic E-state index is -3.55. The van der Waals surface area contributed by atoms with E-state index in [1.54, 1.807) is 17.7 Å². The van der Waals surface area contributed by atoms with Crippen LogP contribution >= 0.6 is 11.6 Å². The Bertz CT molecular complexity index is 523. The fourth-order valence-electron chi connectivity index (χ4n) is 1.64. The number of aromatic nitrogens is 2. The molecular formula is C12H22ClN3O2S. The first-order valence-corrected chi connectivity index (χ1v) is 8.33. The van der Waals surface area contributed by atoms with Gasteiger partial charge in [0, 0.05) is 25.2 Å². The van der Waals surface area contributed by atoms with E-state index in [1.165, 1.54) is 0 Å². The summed E-state index contributed by atoms with van der Waals surface area (Å²) >= 11 is 5.70. The third-order valence-electron chi connectivity index (χ3n) is 3.08. The molecule has 0 aliphatic carbocycles. The van der Waals surface area contributed by atoms with Crippen LogP contribution in [0.1, 0.15) is 33.0 Å². The van der Waals surface area contributed by atoms with Crippen molar-refractivity contribution in [2.75, 3.05) is 12.4 Å². The second-order valence-electron chi connectivity index (χ2n) is 5.34. The standard InChI is InChI=1S/C12H22ClN3O2S/c1-5-16-8-11(15-10(16)2)19(17,18)14-9-12(3,4)6-7-13/h8,14H,5-7,9H2,1-4H3. The van der Waals surface area contributed by atoms with Crippen molar-refractivity contribution in [3.8, 4) is 0 Å². The number of alkyl halides is 1. The fraction of sp³-hybridized carbons (Fsp3) is 0.750. The molecule has 0 amide bonds.